The van der Waals surface area contributed by atoms with Crippen LogP contribution in [0, 0.1) is 0 Å². The van der Waals surface area contributed by atoms with Gasteiger partial charge in [0.2, 0.25) is 5.91 Å². The van der Waals surface area contributed by atoms with Gasteiger partial charge in [-0.2, -0.15) is 0 Å². The molecule has 1 aromatic heterocycles. The van der Waals surface area contributed by atoms with E-state index < -0.39 is 5.97 Å². The van der Waals surface area contributed by atoms with Gasteiger partial charge in [0.15, 0.2) is 5.13 Å². The van der Waals surface area contributed by atoms with Crippen molar-refractivity contribution in [2.75, 3.05) is 19.1 Å². The number of rotatable bonds is 7. The maximum absolute atomic E-state index is 12.3. The molecule has 0 atom stereocenters. The molecule has 0 bridgehead atoms. The van der Waals surface area contributed by atoms with Crippen LogP contribution in [0.3, 0.4) is 0 Å². The summed E-state index contributed by atoms with van der Waals surface area (Å²) in [7, 11) is 2.98. The number of hydrogen-bond donors (Lipinski definition) is 1. The molecule has 3 aromatic rings. The van der Waals surface area contributed by atoms with Crippen LogP contribution >= 0.6 is 11.3 Å². The Morgan fingerprint density at radius 1 is 1.13 bits per heavy atom. The SMILES string of the molecule is COc1ccc(O)c(C(=O)OCc2csc(N(C(C)=O)c3ccccc3OC)n2)c1. The van der Waals surface area contributed by atoms with Crippen molar-refractivity contribution in [1.29, 1.82) is 0 Å². The largest absolute Gasteiger partial charge is 0.507 e. The Morgan fingerprint density at radius 2 is 1.90 bits per heavy atom. The first kappa shape index (κ1) is 21.1. The highest BCUT2D eigenvalue weighted by molar-refractivity contribution is 7.14. The summed E-state index contributed by atoms with van der Waals surface area (Å²) in [5.41, 5.74) is 1.02. The van der Waals surface area contributed by atoms with Crippen molar-refractivity contribution < 1.29 is 28.9 Å². The molecule has 0 aliphatic carbocycles. The Labute approximate surface area is 177 Å². The Balaban J connectivity index is 1.77. The zero-order valence-corrected chi connectivity index (χ0v) is 17.4. The Hall–Kier alpha value is -3.59. The topological polar surface area (TPSA) is 98.2 Å². The van der Waals surface area contributed by atoms with Crippen molar-refractivity contribution in [2.45, 2.75) is 13.5 Å². The molecule has 0 saturated heterocycles. The highest BCUT2D eigenvalue weighted by Crippen LogP contribution is 2.35. The van der Waals surface area contributed by atoms with E-state index in [2.05, 4.69) is 4.98 Å². The lowest BCUT2D eigenvalue weighted by molar-refractivity contribution is -0.115. The molecule has 1 N–H and O–H groups in total. The summed E-state index contributed by atoms with van der Waals surface area (Å²) >= 11 is 1.23. The van der Waals surface area contributed by atoms with Gasteiger partial charge in [0, 0.05) is 12.3 Å². The van der Waals surface area contributed by atoms with Crippen LogP contribution in [-0.2, 0) is 16.1 Å². The van der Waals surface area contributed by atoms with Crippen LogP contribution in [0.5, 0.6) is 17.2 Å². The lowest BCUT2D eigenvalue weighted by atomic mass is 10.2. The minimum atomic E-state index is -0.714. The monoisotopic (exact) mass is 428 g/mol. The van der Waals surface area contributed by atoms with E-state index in [4.69, 9.17) is 14.2 Å². The van der Waals surface area contributed by atoms with Gasteiger partial charge < -0.3 is 19.3 Å². The third-order valence-corrected chi connectivity index (χ3v) is 5.02. The highest BCUT2D eigenvalue weighted by atomic mass is 32.1. The first-order chi connectivity index (χ1) is 14.4. The molecule has 0 saturated carbocycles. The molecule has 3 rings (SSSR count). The van der Waals surface area contributed by atoms with Crippen LogP contribution in [0.15, 0.2) is 47.8 Å². The number of phenols is 1. The quantitative estimate of drug-likeness (QED) is 0.570. The number of thiazole rings is 1. The summed E-state index contributed by atoms with van der Waals surface area (Å²) in [6.45, 7) is 1.31. The minimum Gasteiger partial charge on any atom is -0.507 e. The van der Waals surface area contributed by atoms with Crippen molar-refractivity contribution in [3.63, 3.8) is 0 Å². The summed E-state index contributed by atoms with van der Waals surface area (Å²) in [6, 6.07) is 11.4. The second kappa shape index (κ2) is 9.27. The molecule has 0 radical (unpaired) electrons. The molecule has 0 fully saturated rings. The number of esters is 1. The van der Waals surface area contributed by atoms with Crippen molar-refractivity contribution in [3.8, 4) is 17.2 Å². The van der Waals surface area contributed by atoms with Gasteiger partial charge in [0.05, 0.1) is 25.6 Å². The average Bonchev–Trinajstić information content (AvgIpc) is 3.21. The molecule has 1 amide bonds. The highest BCUT2D eigenvalue weighted by Gasteiger charge is 2.22. The van der Waals surface area contributed by atoms with Gasteiger partial charge >= 0.3 is 5.97 Å². The van der Waals surface area contributed by atoms with E-state index in [1.165, 1.54) is 55.6 Å². The van der Waals surface area contributed by atoms with Crippen molar-refractivity contribution in [1.82, 2.24) is 4.98 Å². The molecule has 1 heterocycles. The predicted octanol–water partition coefficient (Wildman–Crippen LogP) is 3.91. The molecule has 0 aliphatic heterocycles. The van der Waals surface area contributed by atoms with Crippen LogP contribution in [-0.4, -0.2) is 36.2 Å². The first-order valence-corrected chi connectivity index (χ1v) is 9.74. The van der Waals surface area contributed by atoms with E-state index in [-0.39, 0.29) is 23.8 Å². The number of benzene rings is 2. The zero-order valence-electron chi connectivity index (χ0n) is 16.6. The molecule has 0 spiro atoms. The number of aromatic hydroxyl groups is 1. The number of methoxy groups -OCH3 is 2. The number of carbonyl (C=O) groups is 2. The van der Waals surface area contributed by atoms with E-state index in [1.54, 1.807) is 29.6 Å². The van der Waals surface area contributed by atoms with Crippen molar-refractivity contribution in [2.24, 2.45) is 0 Å². The molecule has 9 heteroatoms. The number of para-hydroxylation sites is 2. The van der Waals surface area contributed by atoms with Gasteiger partial charge in [-0.1, -0.05) is 12.1 Å². The number of carbonyl (C=O) groups excluding carboxylic acids is 2. The molecule has 30 heavy (non-hydrogen) atoms. The fourth-order valence-electron chi connectivity index (χ4n) is 2.71. The van der Waals surface area contributed by atoms with Gasteiger partial charge in [0.1, 0.15) is 29.4 Å². The van der Waals surface area contributed by atoms with E-state index in [0.29, 0.717) is 28.0 Å². The third kappa shape index (κ3) is 4.52. The van der Waals surface area contributed by atoms with Gasteiger partial charge in [-0.3, -0.25) is 9.69 Å². The first-order valence-electron chi connectivity index (χ1n) is 8.86. The van der Waals surface area contributed by atoms with E-state index >= 15 is 0 Å². The molecule has 0 aliphatic rings. The number of aromatic nitrogens is 1. The van der Waals surface area contributed by atoms with E-state index in [9.17, 15) is 14.7 Å². The molecular formula is C21H20N2O6S. The molecule has 8 nitrogen and oxygen atoms in total. The third-order valence-electron chi connectivity index (χ3n) is 4.15. The smallest absolute Gasteiger partial charge is 0.342 e. The lowest BCUT2D eigenvalue weighted by Crippen LogP contribution is -2.23. The maximum Gasteiger partial charge on any atom is 0.342 e. The van der Waals surface area contributed by atoms with Crippen LogP contribution in [0.1, 0.15) is 23.0 Å². The van der Waals surface area contributed by atoms with Crippen LogP contribution in [0.25, 0.3) is 0 Å². The maximum atomic E-state index is 12.3. The fourth-order valence-corrected chi connectivity index (χ4v) is 3.57. The van der Waals surface area contributed by atoms with Crippen LogP contribution in [0.4, 0.5) is 10.8 Å². The summed E-state index contributed by atoms with van der Waals surface area (Å²) in [4.78, 5) is 30.4. The summed E-state index contributed by atoms with van der Waals surface area (Å²) < 4.78 is 15.7. The lowest BCUT2D eigenvalue weighted by Gasteiger charge is -2.20. The molecule has 156 valence electrons. The van der Waals surface area contributed by atoms with Gasteiger partial charge in [-0.15, -0.1) is 11.3 Å². The van der Waals surface area contributed by atoms with Gasteiger partial charge in [-0.25, -0.2) is 9.78 Å². The number of hydrogen-bond acceptors (Lipinski definition) is 8. The second-order valence-corrected chi connectivity index (χ2v) is 6.94. The molecular weight excluding hydrogens is 408 g/mol. The summed E-state index contributed by atoms with van der Waals surface area (Å²) in [5.74, 6) is -0.208. The number of anilines is 2. The average molecular weight is 428 g/mol. The minimum absolute atomic E-state index is 0.0100. The standard InChI is InChI=1S/C21H20N2O6S/c1-13(24)23(17-6-4-5-7-19(17)28-3)21-22-14(12-30-21)11-29-20(26)16-10-15(27-2)8-9-18(16)25/h4-10,12,25H,11H2,1-3H3. The predicted molar refractivity (Wildman–Crippen MR) is 112 cm³/mol. The number of amides is 1. The summed E-state index contributed by atoms with van der Waals surface area (Å²) in [6.07, 6.45) is 0. The van der Waals surface area contributed by atoms with Crippen LogP contribution < -0.4 is 14.4 Å². The zero-order chi connectivity index (χ0) is 21.7. The molecule has 0 unspecified atom stereocenters. The Kier molecular flexibility index (Phi) is 6.53. The van der Waals surface area contributed by atoms with Gasteiger partial charge in [0.25, 0.3) is 0 Å². The van der Waals surface area contributed by atoms with Crippen molar-refractivity contribution in [3.05, 3.63) is 59.1 Å². The van der Waals surface area contributed by atoms with E-state index in [1.807, 2.05) is 0 Å². The Morgan fingerprint density at radius 3 is 2.60 bits per heavy atom. The van der Waals surface area contributed by atoms with E-state index in [0.717, 1.165) is 0 Å². The van der Waals surface area contributed by atoms with Gasteiger partial charge in [-0.05, 0) is 30.3 Å². The second-order valence-electron chi connectivity index (χ2n) is 6.11. The number of phenolic OH excluding ortho intramolecular Hbond substituents is 1. The number of ether oxygens (including phenoxy) is 3. The molecule has 2 aromatic carbocycles. The normalized spacial score (nSPS) is 10.4. The summed E-state index contributed by atoms with van der Waals surface area (Å²) in [5, 5.41) is 12.0. The fraction of sp³-hybridized carbons (Fsp3) is 0.190. The number of nitrogens with zero attached hydrogens (tertiary/aromatic N) is 2. The van der Waals surface area contributed by atoms with Crippen molar-refractivity contribution >= 4 is 34.0 Å². The Bertz CT molecular complexity index is 1070. The van der Waals surface area contributed by atoms with Crippen LogP contribution in [0.2, 0.25) is 0 Å².